The normalized spacial score (nSPS) is 9.86. The van der Waals surface area contributed by atoms with Gasteiger partial charge in [0, 0.05) is 25.3 Å². The third-order valence-electron chi connectivity index (χ3n) is 2.82. The fourth-order valence-corrected chi connectivity index (χ4v) is 1.81. The highest BCUT2D eigenvalue weighted by atomic mass is 16.5. The molecule has 0 saturated carbocycles. The van der Waals surface area contributed by atoms with E-state index < -0.39 is 0 Å². The van der Waals surface area contributed by atoms with Crippen LogP contribution in [0, 0.1) is 18.8 Å². The number of rotatable bonds is 7. The van der Waals surface area contributed by atoms with Gasteiger partial charge in [0.05, 0.1) is 5.56 Å². The van der Waals surface area contributed by atoms with E-state index >= 15 is 0 Å². The first-order chi connectivity index (χ1) is 10.2. The van der Waals surface area contributed by atoms with Gasteiger partial charge in [-0.1, -0.05) is 24.8 Å². The second-order valence-electron chi connectivity index (χ2n) is 4.73. The van der Waals surface area contributed by atoms with E-state index in [1.807, 2.05) is 19.1 Å². The minimum atomic E-state index is -0.218. The summed E-state index contributed by atoms with van der Waals surface area (Å²) in [5.41, 5.74) is 2.21. The summed E-state index contributed by atoms with van der Waals surface area (Å²) in [5.74, 6) is 5.25. The Morgan fingerprint density at radius 2 is 2.19 bits per heavy atom. The number of aliphatic hydroxyl groups excluding tert-OH is 1. The summed E-state index contributed by atoms with van der Waals surface area (Å²) in [4.78, 5) is 12.1. The lowest BCUT2D eigenvalue weighted by atomic mass is 10.0. The lowest BCUT2D eigenvalue weighted by molar-refractivity contribution is 0.0941. The number of carbonyl (C=O) groups is 1. The molecule has 0 heterocycles. The van der Waals surface area contributed by atoms with Crippen molar-refractivity contribution in [1.29, 1.82) is 0 Å². The summed E-state index contributed by atoms with van der Waals surface area (Å²) >= 11 is 0. The van der Waals surface area contributed by atoms with Crippen molar-refractivity contribution >= 4 is 5.91 Å². The third kappa shape index (κ3) is 6.44. The van der Waals surface area contributed by atoms with Gasteiger partial charge in [0.15, 0.2) is 0 Å². The molecule has 0 aliphatic carbocycles. The van der Waals surface area contributed by atoms with E-state index in [0.717, 1.165) is 25.0 Å². The van der Waals surface area contributed by atoms with Gasteiger partial charge in [-0.2, -0.15) is 0 Å². The SMILES string of the molecule is CCCOCCCNC(=O)c1ccc(C)cc1C#CCO. The van der Waals surface area contributed by atoms with Crippen LogP contribution in [-0.2, 0) is 4.74 Å². The molecule has 0 unspecified atom stereocenters. The van der Waals surface area contributed by atoms with Gasteiger partial charge in [-0.05, 0) is 37.5 Å². The number of aryl methyl sites for hydroxylation is 1. The molecule has 0 aliphatic rings. The van der Waals surface area contributed by atoms with Crippen LogP contribution in [0.3, 0.4) is 0 Å². The molecule has 4 nitrogen and oxygen atoms in total. The first-order valence-electron chi connectivity index (χ1n) is 7.25. The zero-order valence-electron chi connectivity index (χ0n) is 12.7. The maximum Gasteiger partial charge on any atom is 0.252 e. The van der Waals surface area contributed by atoms with Gasteiger partial charge in [-0.25, -0.2) is 0 Å². The second-order valence-corrected chi connectivity index (χ2v) is 4.73. The number of benzene rings is 1. The number of aliphatic hydroxyl groups is 1. The van der Waals surface area contributed by atoms with Crippen LogP contribution in [0.1, 0.15) is 41.3 Å². The van der Waals surface area contributed by atoms with E-state index in [1.165, 1.54) is 0 Å². The van der Waals surface area contributed by atoms with Gasteiger partial charge < -0.3 is 15.2 Å². The quantitative estimate of drug-likeness (QED) is 0.595. The molecule has 0 bridgehead atoms. The van der Waals surface area contributed by atoms with Gasteiger partial charge in [0.2, 0.25) is 0 Å². The van der Waals surface area contributed by atoms with Crippen LogP contribution in [0.2, 0.25) is 0 Å². The molecule has 0 atom stereocenters. The van der Waals surface area contributed by atoms with Gasteiger partial charge in [-0.15, -0.1) is 0 Å². The summed E-state index contributed by atoms with van der Waals surface area (Å²) in [7, 11) is 0. The van der Waals surface area contributed by atoms with Crippen LogP contribution in [0.25, 0.3) is 0 Å². The van der Waals surface area contributed by atoms with Crippen molar-refractivity contribution in [3.8, 4) is 11.8 Å². The highest BCUT2D eigenvalue weighted by Gasteiger charge is 2.09. The number of ether oxygens (including phenoxy) is 1. The number of hydrogen-bond donors (Lipinski definition) is 2. The molecule has 2 N–H and O–H groups in total. The summed E-state index contributed by atoms with van der Waals surface area (Å²) in [6.07, 6.45) is 1.79. The van der Waals surface area contributed by atoms with Gasteiger partial charge in [0.1, 0.15) is 6.61 Å². The third-order valence-corrected chi connectivity index (χ3v) is 2.82. The Morgan fingerprint density at radius 1 is 1.38 bits per heavy atom. The Bertz CT molecular complexity index is 515. The summed E-state index contributed by atoms with van der Waals surface area (Å²) in [6.45, 7) is 5.77. The largest absolute Gasteiger partial charge is 0.384 e. The van der Waals surface area contributed by atoms with Crippen LogP contribution in [0.4, 0.5) is 0 Å². The Balaban J connectivity index is 2.57. The first-order valence-corrected chi connectivity index (χ1v) is 7.25. The van der Waals surface area contributed by atoms with E-state index in [2.05, 4.69) is 24.1 Å². The predicted octanol–water partition coefficient (Wildman–Crippen LogP) is 1.89. The molecule has 4 heteroatoms. The Hall–Kier alpha value is -1.83. The topological polar surface area (TPSA) is 58.6 Å². The molecule has 0 aromatic heterocycles. The maximum atomic E-state index is 12.1. The maximum absolute atomic E-state index is 12.1. The van der Waals surface area contributed by atoms with E-state index in [4.69, 9.17) is 9.84 Å². The van der Waals surface area contributed by atoms with Crippen molar-refractivity contribution in [3.05, 3.63) is 34.9 Å². The predicted molar refractivity (Wildman–Crippen MR) is 83.2 cm³/mol. The van der Waals surface area contributed by atoms with Crippen molar-refractivity contribution < 1.29 is 14.6 Å². The van der Waals surface area contributed by atoms with Gasteiger partial charge in [0.25, 0.3) is 5.91 Å². The molecule has 21 heavy (non-hydrogen) atoms. The minimum Gasteiger partial charge on any atom is -0.384 e. The molecule has 114 valence electrons. The van der Waals surface area contributed by atoms with Crippen molar-refractivity contribution in [2.24, 2.45) is 0 Å². The molecule has 0 radical (unpaired) electrons. The second kappa shape index (κ2) is 9.98. The Morgan fingerprint density at radius 3 is 2.90 bits per heavy atom. The molecule has 0 aliphatic heterocycles. The van der Waals surface area contributed by atoms with Crippen LogP contribution in [0.5, 0.6) is 0 Å². The van der Waals surface area contributed by atoms with Gasteiger partial charge in [-0.3, -0.25) is 4.79 Å². The standard InChI is InChI=1S/C17H23NO3/c1-3-11-21-12-5-9-18-17(20)16-8-7-14(2)13-15(16)6-4-10-19/h7-8,13,19H,3,5,9-12H2,1-2H3,(H,18,20). The fourth-order valence-electron chi connectivity index (χ4n) is 1.81. The number of amides is 1. The molecule has 1 rings (SSSR count). The molecule has 1 aromatic carbocycles. The van der Waals surface area contributed by atoms with Crippen LogP contribution >= 0.6 is 0 Å². The number of nitrogens with one attached hydrogen (secondary N) is 1. The average Bonchev–Trinajstić information content (AvgIpc) is 2.48. The highest BCUT2D eigenvalue weighted by molar-refractivity contribution is 5.96. The molecule has 0 fully saturated rings. The number of carbonyl (C=O) groups excluding carboxylic acids is 1. The molecular weight excluding hydrogens is 266 g/mol. The smallest absolute Gasteiger partial charge is 0.252 e. The molecule has 0 saturated heterocycles. The van der Waals surface area contributed by atoms with Gasteiger partial charge >= 0.3 is 0 Å². The van der Waals surface area contributed by atoms with Crippen LogP contribution in [0.15, 0.2) is 18.2 Å². The zero-order valence-corrected chi connectivity index (χ0v) is 12.7. The monoisotopic (exact) mass is 289 g/mol. The lowest BCUT2D eigenvalue weighted by Gasteiger charge is -2.08. The average molecular weight is 289 g/mol. The fraction of sp³-hybridized carbons (Fsp3) is 0.471. The summed E-state index contributed by atoms with van der Waals surface area (Å²) < 4.78 is 5.36. The van der Waals surface area contributed by atoms with E-state index in [0.29, 0.717) is 24.3 Å². The minimum absolute atomic E-state index is 0.146. The Kier molecular flexibility index (Phi) is 8.18. The van der Waals surface area contributed by atoms with E-state index in [1.54, 1.807) is 6.07 Å². The van der Waals surface area contributed by atoms with Crippen LogP contribution in [-0.4, -0.2) is 37.4 Å². The molecule has 1 amide bonds. The van der Waals surface area contributed by atoms with Crippen molar-refractivity contribution in [2.75, 3.05) is 26.4 Å². The zero-order chi connectivity index (χ0) is 15.5. The van der Waals surface area contributed by atoms with E-state index in [9.17, 15) is 4.79 Å². The van der Waals surface area contributed by atoms with Crippen LogP contribution < -0.4 is 5.32 Å². The molecule has 0 spiro atoms. The van der Waals surface area contributed by atoms with E-state index in [-0.39, 0.29) is 12.5 Å². The summed E-state index contributed by atoms with van der Waals surface area (Å²) in [5, 5.41) is 11.6. The van der Waals surface area contributed by atoms with Crippen molar-refractivity contribution in [3.63, 3.8) is 0 Å². The van der Waals surface area contributed by atoms with Crippen molar-refractivity contribution in [2.45, 2.75) is 26.7 Å². The number of hydrogen-bond acceptors (Lipinski definition) is 3. The highest BCUT2D eigenvalue weighted by Crippen LogP contribution is 2.10. The molecule has 1 aromatic rings. The molecular formula is C17H23NO3. The Labute approximate surface area is 126 Å². The first kappa shape index (κ1) is 17.2. The lowest BCUT2D eigenvalue weighted by Crippen LogP contribution is -2.26. The summed E-state index contributed by atoms with van der Waals surface area (Å²) in [6, 6.07) is 5.49. The van der Waals surface area contributed by atoms with Crippen molar-refractivity contribution in [1.82, 2.24) is 5.32 Å².